The van der Waals surface area contributed by atoms with Gasteiger partial charge in [0, 0.05) is 29.7 Å². The van der Waals surface area contributed by atoms with Crippen LogP contribution in [0, 0.1) is 0 Å². The zero-order chi connectivity index (χ0) is 20.2. The number of nitrogens with one attached hydrogen (secondary N) is 2. The van der Waals surface area contributed by atoms with Crippen molar-refractivity contribution < 1.29 is 13.5 Å². The molecule has 8 heteroatoms. The summed E-state index contributed by atoms with van der Waals surface area (Å²) < 4.78 is 29.6. The normalized spacial score (nSPS) is 12.1. The molecule has 0 unspecified atom stereocenters. The van der Waals surface area contributed by atoms with E-state index < -0.39 is 6.61 Å². The Morgan fingerprint density at radius 1 is 1.26 bits per heavy atom. The third kappa shape index (κ3) is 9.77. The second-order valence-corrected chi connectivity index (χ2v) is 6.97. The standard InChI is InChI=1S/C19H31ClF2N4O/c1-5-23-19(24-10-6-7-11-26(4)14(2)3)25-13-15-12-16(20)8-9-17(15)27-18(21)22/h8-9,12,14,18H,5-7,10-11,13H2,1-4H3,(H2,23,24,25). The topological polar surface area (TPSA) is 48.9 Å². The Kier molecular flexibility index (Phi) is 11.0. The third-order valence-corrected chi connectivity index (χ3v) is 4.34. The van der Waals surface area contributed by atoms with Crippen LogP contribution in [0.3, 0.4) is 0 Å². The molecule has 0 saturated heterocycles. The molecule has 1 aromatic carbocycles. The van der Waals surface area contributed by atoms with E-state index >= 15 is 0 Å². The Morgan fingerprint density at radius 2 is 2.00 bits per heavy atom. The number of nitrogens with zero attached hydrogens (tertiary/aromatic N) is 2. The van der Waals surface area contributed by atoms with E-state index in [2.05, 4.69) is 46.2 Å². The number of ether oxygens (including phenoxy) is 1. The molecule has 0 heterocycles. The fourth-order valence-electron chi connectivity index (χ4n) is 2.34. The zero-order valence-corrected chi connectivity index (χ0v) is 17.3. The molecule has 0 fully saturated rings. The van der Waals surface area contributed by atoms with E-state index in [1.165, 1.54) is 12.1 Å². The van der Waals surface area contributed by atoms with Gasteiger partial charge in [-0.05, 0) is 65.4 Å². The van der Waals surface area contributed by atoms with Crippen LogP contribution in [-0.2, 0) is 6.54 Å². The Morgan fingerprint density at radius 3 is 2.63 bits per heavy atom. The predicted octanol–water partition coefficient (Wildman–Crippen LogP) is 4.12. The van der Waals surface area contributed by atoms with Crippen molar-refractivity contribution in [3.8, 4) is 5.75 Å². The third-order valence-electron chi connectivity index (χ3n) is 4.10. The molecule has 5 nitrogen and oxygen atoms in total. The molecule has 0 atom stereocenters. The number of benzene rings is 1. The summed E-state index contributed by atoms with van der Waals surface area (Å²) in [6.45, 7) is 6.17. The number of hydrogen-bond acceptors (Lipinski definition) is 3. The molecule has 0 aliphatic heterocycles. The molecule has 154 valence electrons. The summed E-state index contributed by atoms with van der Waals surface area (Å²) in [6.07, 6.45) is 2.10. The zero-order valence-electron chi connectivity index (χ0n) is 16.6. The monoisotopic (exact) mass is 404 g/mol. The maximum absolute atomic E-state index is 12.5. The lowest BCUT2D eigenvalue weighted by Gasteiger charge is -2.20. The fourth-order valence-corrected chi connectivity index (χ4v) is 2.53. The summed E-state index contributed by atoms with van der Waals surface area (Å²) in [4.78, 5) is 6.76. The van der Waals surface area contributed by atoms with E-state index in [4.69, 9.17) is 11.6 Å². The minimum absolute atomic E-state index is 0.0886. The summed E-state index contributed by atoms with van der Waals surface area (Å²) in [6, 6.07) is 5.09. The first-order valence-electron chi connectivity index (χ1n) is 9.29. The average molecular weight is 405 g/mol. The molecule has 2 N–H and O–H groups in total. The summed E-state index contributed by atoms with van der Waals surface area (Å²) >= 11 is 5.97. The predicted molar refractivity (Wildman–Crippen MR) is 108 cm³/mol. The Bertz CT molecular complexity index is 585. The highest BCUT2D eigenvalue weighted by Crippen LogP contribution is 2.25. The van der Waals surface area contributed by atoms with Gasteiger partial charge in [-0.2, -0.15) is 8.78 Å². The molecule has 27 heavy (non-hydrogen) atoms. The Hall–Kier alpha value is -1.60. The molecule has 0 spiro atoms. The molecular weight excluding hydrogens is 374 g/mol. The maximum Gasteiger partial charge on any atom is 0.387 e. The van der Waals surface area contributed by atoms with E-state index in [1.807, 2.05) is 6.92 Å². The molecule has 0 saturated carbocycles. The van der Waals surface area contributed by atoms with Gasteiger partial charge in [0.05, 0.1) is 6.54 Å². The highest BCUT2D eigenvalue weighted by atomic mass is 35.5. The van der Waals surface area contributed by atoms with Gasteiger partial charge in [-0.15, -0.1) is 0 Å². The van der Waals surface area contributed by atoms with E-state index in [1.54, 1.807) is 6.07 Å². The lowest BCUT2D eigenvalue weighted by Crippen LogP contribution is -2.38. The van der Waals surface area contributed by atoms with Gasteiger partial charge in [-0.3, -0.25) is 0 Å². The number of alkyl halides is 2. The van der Waals surface area contributed by atoms with Gasteiger partial charge < -0.3 is 20.3 Å². The van der Waals surface area contributed by atoms with Crippen LogP contribution in [0.2, 0.25) is 5.02 Å². The quantitative estimate of drug-likeness (QED) is 0.331. The van der Waals surface area contributed by atoms with Crippen molar-refractivity contribution in [1.29, 1.82) is 0 Å². The van der Waals surface area contributed by atoms with Gasteiger partial charge in [-0.1, -0.05) is 11.6 Å². The van der Waals surface area contributed by atoms with E-state index in [-0.39, 0.29) is 12.3 Å². The van der Waals surface area contributed by atoms with Crippen molar-refractivity contribution in [2.75, 3.05) is 26.7 Å². The van der Waals surface area contributed by atoms with Gasteiger partial charge in [0.25, 0.3) is 0 Å². The lowest BCUT2D eigenvalue weighted by atomic mass is 10.2. The van der Waals surface area contributed by atoms with Gasteiger partial charge >= 0.3 is 6.61 Å². The van der Waals surface area contributed by atoms with E-state index in [0.717, 1.165) is 25.9 Å². The number of guanidine groups is 1. The van der Waals surface area contributed by atoms with Crippen LogP contribution in [0.25, 0.3) is 0 Å². The van der Waals surface area contributed by atoms with Crippen LogP contribution >= 0.6 is 11.6 Å². The molecule has 0 radical (unpaired) electrons. The second kappa shape index (κ2) is 12.7. The summed E-state index contributed by atoms with van der Waals surface area (Å²) in [7, 11) is 2.12. The molecule has 0 aliphatic carbocycles. The molecule has 0 aromatic heterocycles. The smallest absolute Gasteiger partial charge is 0.387 e. The number of hydrogen-bond donors (Lipinski definition) is 2. The molecule has 0 aliphatic rings. The summed E-state index contributed by atoms with van der Waals surface area (Å²) in [5.41, 5.74) is 0.513. The second-order valence-electron chi connectivity index (χ2n) is 6.53. The highest BCUT2D eigenvalue weighted by Gasteiger charge is 2.10. The van der Waals surface area contributed by atoms with Gasteiger partial charge in [0.1, 0.15) is 5.75 Å². The Labute approximate surface area is 166 Å². The lowest BCUT2D eigenvalue weighted by molar-refractivity contribution is -0.0504. The fraction of sp³-hybridized carbons (Fsp3) is 0.632. The Balaban J connectivity index is 2.59. The van der Waals surface area contributed by atoms with Crippen LogP contribution in [-0.4, -0.2) is 50.2 Å². The van der Waals surface area contributed by atoms with Crippen molar-refractivity contribution in [2.45, 2.75) is 52.8 Å². The van der Waals surface area contributed by atoms with E-state index in [0.29, 0.717) is 29.1 Å². The SMILES string of the molecule is CCNC(=NCc1cc(Cl)ccc1OC(F)F)NCCCCN(C)C(C)C. The van der Waals surface area contributed by atoms with Crippen molar-refractivity contribution in [1.82, 2.24) is 15.5 Å². The van der Waals surface area contributed by atoms with Gasteiger partial charge in [-0.25, -0.2) is 4.99 Å². The minimum Gasteiger partial charge on any atom is -0.434 e. The average Bonchev–Trinajstić information content (AvgIpc) is 2.60. The molecule has 1 rings (SSSR count). The minimum atomic E-state index is -2.88. The van der Waals surface area contributed by atoms with Crippen molar-refractivity contribution in [2.24, 2.45) is 4.99 Å². The van der Waals surface area contributed by atoms with Crippen molar-refractivity contribution in [3.05, 3.63) is 28.8 Å². The number of aliphatic imine (C=N–C) groups is 1. The van der Waals surface area contributed by atoms with Crippen LogP contribution in [0.5, 0.6) is 5.75 Å². The molecular formula is C19H31ClF2N4O. The van der Waals surface area contributed by atoms with Crippen LogP contribution < -0.4 is 15.4 Å². The van der Waals surface area contributed by atoms with Crippen LogP contribution in [0.15, 0.2) is 23.2 Å². The number of rotatable bonds is 11. The van der Waals surface area contributed by atoms with Crippen LogP contribution in [0.4, 0.5) is 8.78 Å². The number of unbranched alkanes of at least 4 members (excludes halogenated alkanes) is 1. The summed E-state index contributed by atoms with van der Waals surface area (Å²) in [5.74, 6) is 0.725. The van der Waals surface area contributed by atoms with Crippen molar-refractivity contribution in [3.63, 3.8) is 0 Å². The number of halogens is 3. The first-order chi connectivity index (χ1) is 12.8. The molecule has 1 aromatic rings. The maximum atomic E-state index is 12.5. The van der Waals surface area contributed by atoms with Gasteiger partial charge in [0.2, 0.25) is 0 Å². The van der Waals surface area contributed by atoms with Crippen LogP contribution in [0.1, 0.15) is 39.2 Å². The van der Waals surface area contributed by atoms with Crippen molar-refractivity contribution >= 4 is 17.6 Å². The van der Waals surface area contributed by atoms with E-state index in [9.17, 15) is 8.78 Å². The highest BCUT2D eigenvalue weighted by molar-refractivity contribution is 6.30. The first kappa shape index (κ1) is 23.4. The largest absolute Gasteiger partial charge is 0.434 e. The summed E-state index contributed by atoms with van der Waals surface area (Å²) in [5, 5.41) is 6.87. The molecule has 0 amide bonds. The molecule has 0 bridgehead atoms. The first-order valence-corrected chi connectivity index (χ1v) is 9.67. The van der Waals surface area contributed by atoms with Gasteiger partial charge in [0.15, 0.2) is 5.96 Å².